The molecule has 0 amide bonds. The first-order chi connectivity index (χ1) is 14.5. The fourth-order valence-corrected chi connectivity index (χ4v) is 3.55. The van der Waals surface area contributed by atoms with E-state index < -0.39 is 5.92 Å². The minimum absolute atomic E-state index is 0.0700. The summed E-state index contributed by atoms with van der Waals surface area (Å²) >= 11 is 0. The zero-order chi connectivity index (χ0) is 23.1. The van der Waals surface area contributed by atoms with E-state index in [0.717, 1.165) is 0 Å². The van der Waals surface area contributed by atoms with Gasteiger partial charge in [-0.1, -0.05) is 27.4 Å². The maximum absolute atomic E-state index is 13.7. The molecule has 31 heavy (non-hydrogen) atoms. The van der Waals surface area contributed by atoms with Crippen LogP contribution in [0.15, 0.2) is 23.6 Å². The number of aryl methyl sites for hydroxylation is 1. The maximum atomic E-state index is 13.7. The largest absolute Gasteiger partial charge is 0.382 e. The van der Waals surface area contributed by atoms with E-state index in [1.54, 1.807) is 28.6 Å². The number of pyridine rings is 1. The van der Waals surface area contributed by atoms with Gasteiger partial charge in [-0.3, -0.25) is 14.6 Å². The molecule has 9 heteroatoms. The number of nitrogens with zero attached hydrogens (tertiary/aromatic N) is 4. The van der Waals surface area contributed by atoms with Crippen molar-refractivity contribution in [3.8, 4) is 11.3 Å². The lowest BCUT2D eigenvalue weighted by molar-refractivity contribution is -0.00982. The monoisotopic (exact) mass is 432 g/mol. The van der Waals surface area contributed by atoms with E-state index >= 15 is 0 Å². The molecule has 0 aliphatic heterocycles. The summed E-state index contributed by atoms with van der Waals surface area (Å²) in [5.74, 6) is -2.36. The van der Waals surface area contributed by atoms with Gasteiger partial charge in [0.25, 0.3) is 5.56 Å². The number of fused-ring (bicyclic) bond motifs is 1. The molecule has 0 unspecified atom stereocenters. The van der Waals surface area contributed by atoms with E-state index in [9.17, 15) is 13.6 Å². The van der Waals surface area contributed by atoms with Gasteiger partial charge in [0.1, 0.15) is 5.39 Å². The van der Waals surface area contributed by atoms with Crippen LogP contribution in [-0.2, 0) is 7.05 Å². The van der Waals surface area contributed by atoms with Gasteiger partial charge < -0.3 is 10.3 Å². The van der Waals surface area contributed by atoms with Crippen molar-refractivity contribution in [3.63, 3.8) is 0 Å². The van der Waals surface area contributed by atoms with E-state index in [0.29, 0.717) is 33.4 Å². The Morgan fingerprint density at radius 1 is 1.35 bits per heavy atom. The summed E-state index contributed by atoms with van der Waals surface area (Å²) < 4.78 is 30.6. The number of alkyl halides is 2. The highest BCUT2D eigenvalue weighted by Gasteiger charge is 2.27. The van der Waals surface area contributed by atoms with Crippen molar-refractivity contribution in [2.75, 3.05) is 5.73 Å². The average Bonchev–Trinajstić information content (AvgIpc) is 3.29. The Morgan fingerprint density at radius 3 is 2.65 bits per heavy atom. The van der Waals surface area contributed by atoms with Gasteiger partial charge in [0.15, 0.2) is 5.82 Å². The molecule has 7 nitrogen and oxygen atoms in total. The highest BCUT2D eigenvalue weighted by molar-refractivity contribution is 5.97. The quantitative estimate of drug-likeness (QED) is 0.536. The van der Waals surface area contributed by atoms with Crippen LogP contribution in [0.2, 0.25) is 0 Å². The second kappa shape index (κ2) is 8.28. The molecule has 3 N–H and O–H groups in total. The van der Waals surface area contributed by atoms with Gasteiger partial charge in [-0.2, -0.15) is 10.2 Å². The molecular formula is C22H30F2N6O. The highest BCUT2D eigenvalue weighted by Crippen LogP contribution is 2.33. The Kier molecular flexibility index (Phi) is 6.07. The predicted octanol–water partition coefficient (Wildman–Crippen LogP) is 4.76. The Labute approximate surface area is 179 Å². The van der Waals surface area contributed by atoms with E-state index in [-0.39, 0.29) is 42.6 Å². The maximum Gasteiger partial charge on any atom is 0.264 e. The Morgan fingerprint density at radius 2 is 2.03 bits per heavy atom. The molecule has 3 aromatic heterocycles. The highest BCUT2D eigenvalue weighted by atomic mass is 19.3. The van der Waals surface area contributed by atoms with Crippen LogP contribution in [0.3, 0.4) is 0 Å². The zero-order valence-electron chi connectivity index (χ0n) is 18.7. The Bertz CT molecular complexity index is 1170. The molecule has 0 aromatic carbocycles. The Hall–Kier alpha value is -2.97. The first-order valence-corrected chi connectivity index (χ1v) is 10.5. The minimum atomic E-state index is -2.72. The molecule has 0 aliphatic carbocycles. The number of anilines is 1. The number of H-pyrrole nitrogens is 1. The lowest BCUT2D eigenvalue weighted by Crippen LogP contribution is -2.26. The van der Waals surface area contributed by atoms with Crippen molar-refractivity contribution in [1.29, 1.82) is 0 Å². The molecule has 0 saturated carbocycles. The number of nitrogens with two attached hydrogens (primary N) is 1. The summed E-state index contributed by atoms with van der Waals surface area (Å²) in [5, 5.41) is 11.7. The number of nitrogens with one attached hydrogen (secondary N) is 1. The van der Waals surface area contributed by atoms with Crippen LogP contribution in [0.25, 0.3) is 27.7 Å². The number of halogens is 2. The molecule has 3 heterocycles. The van der Waals surface area contributed by atoms with Crippen LogP contribution in [0, 0.1) is 5.92 Å². The van der Waals surface area contributed by atoms with Gasteiger partial charge in [-0.25, -0.2) is 8.78 Å². The van der Waals surface area contributed by atoms with Crippen molar-refractivity contribution in [2.45, 2.75) is 58.9 Å². The number of rotatable bonds is 8. The van der Waals surface area contributed by atoms with E-state index in [4.69, 9.17) is 5.73 Å². The summed E-state index contributed by atoms with van der Waals surface area (Å²) in [5.41, 5.74) is 8.76. The van der Waals surface area contributed by atoms with Crippen LogP contribution in [-0.4, -0.2) is 30.5 Å². The molecule has 3 rings (SSSR count). The summed E-state index contributed by atoms with van der Waals surface area (Å²) in [4.78, 5) is 13.0. The van der Waals surface area contributed by atoms with Gasteiger partial charge in [0, 0.05) is 37.7 Å². The number of hydrogen-bond donors (Lipinski definition) is 2. The number of nitrogen functional groups attached to an aromatic ring is 1. The average molecular weight is 433 g/mol. The molecule has 0 fully saturated rings. The summed E-state index contributed by atoms with van der Waals surface area (Å²) in [7, 11) is 1.74. The number of hydrogen-bond acceptors (Lipinski definition) is 4. The van der Waals surface area contributed by atoms with Crippen molar-refractivity contribution < 1.29 is 8.78 Å². The first kappa shape index (κ1) is 22.7. The number of aromatic nitrogens is 5. The van der Waals surface area contributed by atoms with Crippen LogP contribution >= 0.6 is 0 Å². The van der Waals surface area contributed by atoms with Crippen molar-refractivity contribution >= 4 is 22.3 Å². The molecular weight excluding hydrogens is 402 g/mol. The van der Waals surface area contributed by atoms with Crippen LogP contribution in [0.1, 0.15) is 58.7 Å². The fourth-order valence-electron chi connectivity index (χ4n) is 3.55. The summed E-state index contributed by atoms with van der Waals surface area (Å²) in [6.45, 7) is 11.5. The summed E-state index contributed by atoms with van der Waals surface area (Å²) in [6.07, 6.45) is 1.45. The molecule has 1 atom stereocenters. The zero-order valence-corrected chi connectivity index (χ0v) is 18.7. The van der Waals surface area contributed by atoms with Crippen molar-refractivity contribution in [1.82, 2.24) is 24.5 Å². The lowest BCUT2D eigenvalue weighted by Gasteiger charge is -2.20. The van der Waals surface area contributed by atoms with E-state index in [1.165, 1.54) is 6.92 Å². The third-order valence-corrected chi connectivity index (χ3v) is 6.01. The lowest BCUT2D eigenvalue weighted by atomic mass is 10.0. The van der Waals surface area contributed by atoms with Gasteiger partial charge in [-0.15, -0.1) is 0 Å². The normalized spacial score (nSPS) is 13.3. The first-order valence-electron chi connectivity index (χ1n) is 10.5. The second-order valence-electron chi connectivity index (χ2n) is 8.45. The minimum Gasteiger partial charge on any atom is -0.382 e. The topological polar surface area (TPSA) is 94.5 Å². The number of allylic oxidation sites excluding steroid dienone is 1. The van der Waals surface area contributed by atoms with Gasteiger partial charge in [-0.05, 0) is 30.9 Å². The van der Waals surface area contributed by atoms with E-state index in [1.807, 2.05) is 20.8 Å². The third-order valence-electron chi connectivity index (χ3n) is 6.01. The predicted molar refractivity (Wildman–Crippen MR) is 120 cm³/mol. The van der Waals surface area contributed by atoms with Crippen LogP contribution < -0.4 is 11.3 Å². The van der Waals surface area contributed by atoms with Gasteiger partial charge in [0.05, 0.1) is 16.9 Å². The number of aromatic amines is 1. The Balaban J connectivity index is 2.09. The van der Waals surface area contributed by atoms with Gasteiger partial charge in [0.2, 0.25) is 5.92 Å². The van der Waals surface area contributed by atoms with Gasteiger partial charge >= 0.3 is 0 Å². The molecule has 0 bridgehead atoms. The van der Waals surface area contributed by atoms with Crippen LogP contribution in [0.5, 0.6) is 0 Å². The third kappa shape index (κ3) is 4.26. The van der Waals surface area contributed by atoms with Crippen molar-refractivity contribution in [3.05, 3.63) is 34.9 Å². The van der Waals surface area contributed by atoms with Crippen LogP contribution in [0.4, 0.5) is 14.6 Å². The smallest absolute Gasteiger partial charge is 0.264 e. The fraction of sp³-hybridized carbons (Fsp3) is 0.500. The summed E-state index contributed by atoms with van der Waals surface area (Å²) in [6, 6.07) is 1.73. The molecule has 3 aromatic rings. The molecule has 0 spiro atoms. The molecule has 168 valence electrons. The SMILES string of the molecule is C=C(CCC(F)(F)CC)c1cc(-c2cn([C@@H](C)C(C)C)c(=O)c3c(N)n[nH]c23)nn1C. The molecule has 0 radical (unpaired) electrons. The van der Waals surface area contributed by atoms with Crippen molar-refractivity contribution in [2.24, 2.45) is 13.0 Å². The molecule has 0 aliphatic rings. The molecule has 0 saturated heterocycles. The standard InChI is InChI=1S/C22H30F2N6O/c1-7-22(23,24)9-8-13(4)17-10-16(28-29(17)6)15-11-30(14(5)12(2)3)21(31)18-19(15)26-27-20(18)25/h10-12,14H,4,7-9H2,1-3,5-6H3,(H3,25,26,27)/t14-/m0/s1. The second-order valence-corrected chi connectivity index (χ2v) is 8.45. The van der Waals surface area contributed by atoms with E-state index in [2.05, 4.69) is 21.9 Å².